The summed E-state index contributed by atoms with van der Waals surface area (Å²) in [5, 5.41) is 0.609. The van der Waals surface area contributed by atoms with Crippen LogP contribution in [0.1, 0.15) is 6.92 Å². The molecule has 0 amide bonds. The summed E-state index contributed by atoms with van der Waals surface area (Å²) in [6.07, 6.45) is 0. The molecule has 1 aliphatic heterocycles. The molecule has 2 N–H and O–H groups in total. The molecule has 106 valence electrons. The number of rotatable bonds is 2. The molecule has 0 spiro atoms. The second-order valence-electron chi connectivity index (χ2n) is 4.35. The Morgan fingerprint density at radius 1 is 1.53 bits per heavy atom. The molecule has 2 rings (SSSR count). The highest BCUT2D eigenvalue weighted by atomic mass is 79.9. The van der Waals surface area contributed by atoms with Gasteiger partial charge in [-0.05, 0) is 28.1 Å². The first kappa shape index (κ1) is 15.4. The number of hydrogen-bond donors (Lipinski definition) is 1. The lowest BCUT2D eigenvalue weighted by Crippen LogP contribution is -2.41. The van der Waals surface area contributed by atoms with Gasteiger partial charge in [0.1, 0.15) is 0 Å². The number of anilines is 1. The highest BCUT2D eigenvalue weighted by molar-refractivity contribution is 9.10. The summed E-state index contributed by atoms with van der Waals surface area (Å²) in [5.74, 6) is 0.800. The van der Waals surface area contributed by atoms with Crippen LogP contribution in [0, 0.1) is 0 Å². The maximum atomic E-state index is 12.6. The Labute approximate surface area is 130 Å². The molecule has 1 fully saturated rings. The smallest absolute Gasteiger partial charge is 0.244 e. The number of nitrogen functional groups attached to an aromatic ring is 1. The van der Waals surface area contributed by atoms with Gasteiger partial charge in [0.25, 0.3) is 0 Å². The van der Waals surface area contributed by atoms with Crippen LogP contribution in [0.5, 0.6) is 0 Å². The molecule has 1 saturated heterocycles. The largest absolute Gasteiger partial charge is 0.398 e. The average molecular weight is 386 g/mol. The van der Waals surface area contributed by atoms with Crippen molar-refractivity contribution in [3.05, 3.63) is 21.6 Å². The molecule has 0 radical (unpaired) electrons. The zero-order valence-corrected chi connectivity index (χ0v) is 14.2. The molecule has 0 aromatic heterocycles. The fourth-order valence-corrected chi connectivity index (χ4v) is 5.92. The Morgan fingerprint density at radius 2 is 2.21 bits per heavy atom. The third kappa shape index (κ3) is 3.21. The van der Waals surface area contributed by atoms with E-state index in [-0.39, 0.29) is 4.90 Å². The van der Waals surface area contributed by atoms with E-state index in [0.717, 1.165) is 5.75 Å². The molecule has 1 aliphatic rings. The predicted octanol–water partition coefficient (Wildman–Crippen LogP) is 2.81. The maximum absolute atomic E-state index is 12.6. The lowest BCUT2D eigenvalue weighted by atomic mass is 10.3. The van der Waals surface area contributed by atoms with E-state index in [1.54, 1.807) is 11.8 Å². The lowest BCUT2D eigenvalue weighted by molar-refractivity contribution is 0.424. The Morgan fingerprint density at radius 3 is 2.84 bits per heavy atom. The van der Waals surface area contributed by atoms with Gasteiger partial charge in [0.05, 0.1) is 9.37 Å². The topological polar surface area (TPSA) is 63.4 Å². The summed E-state index contributed by atoms with van der Waals surface area (Å²) in [4.78, 5) is 0.136. The summed E-state index contributed by atoms with van der Waals surface area (Å²) in [5.41, 5.74) is 6.08. The van der Waals surface area contributed by atoms with Gasteiger partial charge in [-0.15, -0.1) is 0 Å². The summed E-state index contributed by atoms with van der Waals surface area (Å²) in [6, 6.07) is 2.96. The minimum absolute atomic E-state index is 0.136. The van der Waals surface area contributed by atoms with Gasteiger partial charge in [-0.2, -0.15) is 16.1 Å². The van der Waals surface area contributed by atoms with Crippen molar-refractivity contribution in [3.63, 3.8) is 0 Å². The molecule has 1 unspecified atom stereocenters. The van der Waals surface area contributed by atoms with Crippen molar-refractivity contribution in [1.82, 2.24) is 4.31 Å². The molecule has 1 aromatic rings. The van der Waals surface area contributed by atoms with Crippen LogP contribution in [0.3, 0.4) is 0 Å². The Balaban J connectivity index is 2.45. The van der Waals surface area contributed by atoms with Crippen molar-refractivity contribution in [2.75, 3.05) is 24.6 Å². The third-order valence-corrected chi connectivity index (χ3v) is 7.25. The summed E-state index contributed by atoms with van der Waals surface area (Å²) in [6.45, 7) is 3.04. The standard InChI is InChI=1S/C11H14BrClN2O2S2/c1-7-6-15(2-3-18-7)19(16,17)10-5-8(13)4-9(14)11(10)12/h4-5,7H,2-3,6,14H2,1H3. The summed E-state index contributed by atoms with van der Waals surface area (Å²) >= 11 is 10.9. The van der Waals surface area contributed by atoms with E-state index < -0.39 is 10.0 Å². The highest BCUT2D eigenvalue weighted by Gasteiger charge is 2.31. The van der Waals surface area contributed by atoms with Crippen LogP contribution in [0.4, 0.5) is 5.69 Å². The number of hydrogen-bond acceptors (Lipinski definition) is 4. The van der Waals surface area contributed by atoms with Crippen molar-refractivity contribution in [2.45, 2.75) is 17.1 Å². The zero-order chi connectivity index (χ0) is 14.2. The van der Waals surface area contributed by atoms with Crippen molar-refractivity contribution in [2.24, 2.45) is 0 Å². The molecule has 1 atom stereocenters. The van der Waals surface area contributed by atoms with Crippen LogP contribution < -0.4 is 5.73 Å². The van der Waals surface area contributed by atoms with Crippen molar-refractivity contribution < 1.29 is 8.42 Å². The molecular weight excluding hydrogens is 372 g/mol. The van der Waals surface area contributed by atoms with E-state index in [2.05, 4.69) is 15.9 Å². The fourth-order valence-electron chi connectivity index (χ4n) is 1.92. The van der Waals surface area contributed by atoms with Crippen LogP contribution >= 0.6 is 39.3 Å². The fraction of sp³-hybridized carbons (Fsp3) is 0.455. The van der Waals surface area contributed by atoms with Crippen LogP contribution in [0.2, 0.25) is 5.02 Å². The number of nitrogens with zero attached hydrogens (tertiary/aromatic N) is 1. The van der Waals surface area contributed by atoms with Gasteiger partial charge >= 0.3 is 0 Å². The number of benzene rings is 1. The van der Waals surface area contributed by atoms with Gasteiger partial charge in [0.2, 0.25) is 10.0 Å². The van der Waals surface area contributed by atoms with Crippen molar-refractivity contribution in [3.8, 4) is 0 Å². The molecule has 1 heterocycles. The first-order valence-electron chi connectivity index (χ1n) is 5.68. The number of halogens is 2. The van der Waals surface area contributed by atoms with E-state index >= 15 is 0 Å². The average Bonchev–Trinajstić information content (AvgIpc) is 2.33. The maximum Gasteiger partial charge on any atom is 0.244 e. The minimum Gasteiger partial charge on any atom is -0.398 e. The van der Waals surface area contributed by atoms with Gasteiger partial charge in [0, 0.05) is 34.8 Å². The summed E-state index contributed by atoms with van der Waals surface area (Å²) < 4.78 is 27.1. The normalized spacial score (nSPS) is 21.5. The molecular formula is C11H14BrClN2O2S2. The predicted molar refractivity (Wildman–Crippen MR) is 84.2 cm³/mol. The second-order valence-corrected chi connectivity index (χ2v) is 9.03. The van der Waals surface area contributed by atoms with Crippen LogP contribution in [-0.4, -0.2) is 36.8 Å². The van der Waals surface area contributed by atoms with Crippen molar-refractivity contribution >= 4 is 55.0 Å². The molecule has 4 nitrogen and oxygen atoms in total. The SMILES string of the molecule is CC1CN(S(=O)(=O)c2cc(Cl)cc(N)c2Br)CCS1. The van der Waals surface area contributed by atoms with E-state index in [0.29, 0.717) is 33.5 Å². The van der Waals surface area contributed by atoms with Gasteiger partial charge in [0.15, 0.2) is 0 Å². The van der Waals surface area contributed by atoms with Crippen molar-refractivity contribution in [1.29, 1.82) is 0 Å². The third-order valence-electron chi connectivity index (χ3n) is 2.85. The Bertz CT molecular complexity index is 595. The van der Waals surface area contributed by atoms with Gasteiger partial charge < -0.3 is 5.73 Å². The second kappa shape index (κ2) is 5.81. The quantitative estimate of drug-likeness (QED) is 0.795. The van der Waals surface area contributed by atoms with Gasteiger partial charge in [-0.3, -0.25) is 0 Å². The molecule has 0 aliphatic carbocycles. The molecule has 0 bridgehead atoms. The molecule has 19 heavy (non-hydrogen) atoms. The zero-order valence-electron chi connectivity index (χ0n) is 10.3. The molecule has 8 heteroatoms. The Hall–Kier alpha value is 0.0500. The van der Waals surface area contributed by atoms with Crippen LogP contribution in [0.25, 0.3) is 0 Å². The molecule has 0 saturated carbocycles. The van der Waals surface area contributed by atoms with E-state index in [1.165, 1.54) is 16.4 Å². The van der Waals surface area contributed by atoms with Crippen LogP contribution in [0.15, 0.2) is 21.5 Å². The van der Waals surface area contributed by atoms with Crippen LogP contribution in [-0.2, 0) is 10.0 Å². The monoisotopic (exact) mass is 384 g/mol. The van der Waals surface area contributed by atoms with E-state index in [1.807, 2.05) is 6.92 Å². The summed E-state index contributed by atoms with van der Waals surface area (Å²) in [7, 11) is -3.56. The van der Waals surface area contributed by atoms with E-state index in [4.69, 9.17) is 17.3 Å². The van der Waals surface area contributed by atoms with E-state index in [9.17, 15) is 8.42 Å². The Kier molecular flexibility index (Phi) is 4.72. The first-order valence-corrected chi connectivity index (χ1v) is 9.34. The number of sulfonamides is 1. The minimum atomic E-state index is -3.56. The van der Waals surface area contributed by atoms with Gasteiger partial charge in [-0.25, -0.2) is 8.42 Å². The highest BCUT2D eigenvalue weighted by Crippen LogP contribution is 2.34. The van der Waals surface area contributed by atoms with Gasteiger partial charge in [-0.1, -0.05) is 18.5 Å². The number of nitrogens with two attached hydrogens (primary N) is 1. The number of thioether (sulfide) groups is 1. The lowest BCUT2D eigenvalue weighted by Gasteiger charge is -2.30. The molecule has 1 aromatic carbocycles. The first-order chi connectivity index (χ1) is 8.82.